The summed E-state index contributed by atoms with van der Waals surface area (Å²) in [6.45, 7) is 2.87. The van der Waals surface area contributed by atoms with Crippen molar-refractivity contribution in [3.63, 3.8) is 0 Å². The van der Waals surface area contributed by atoms with E-state index in [-0.39, 0.29) is 17.8 Å². The van der Waals surface area contributed by atoms with Crippen LogP contribution >= 0.6 is 0 Å². The molecule has 2 fully saturated rings. The zero-order valence-electron chi connectivity index (χ0n) is 14.8. The molecule has 2 aliphatic rings. The highest BCUT2D eigenvalue weighted by molar-refractivity contribution is 5.83. The van der Waals surface area contributed by atoms with E-state index in [0.717, 1.165) is 31.5 Å². The molecule has 5 heteroatoms. The summed E-state index contributed by atoms with van der Waals surface area (Å²) in [7, 11) is 0. The van der Waals surface area contributed by atoms with Gasteiger partial charge in [-0.1, -0.05) is 42.5 Å². The van der Waals surface area contributed by atoms with E-state index in [9.17, 15) is 9.18 Å². The van der Waals surface area contributed by atoms with Gasteiger partial charge in [-0.3, -0.25) is 9.69 Å². The Morgan fingerprint density at radius 2 is 1.62 bits per heavy atom. The lowest BCUT2D eigenvalue weighted by Gasteiger charge is -2.39. The second-order valence-corrected chi connectivity index (χ2v) is 7.07. The fourth-order valence-corrected chi connectivity index (χ4v) is 3.60. The summed E-state index contributed by atoms with van der Waals surface area (Å²) in [5, 5.41) is 3.15. The van der Waals surface area contributed by atoms with Crippen molar-refractivity contribution in [1.82, 2.24) is 10.2 Å². The summed E-state index contributed by atoms with van der Waals surface area (Å²) in [5.41, 5.74) is 1.66. The van der Waals surface area contributed by atoms with Crippen LogP contribution in [0.3, 0.4) is 0 Å². The molecule has 1 aliphatic heterocycles. The number of hydrogen-bond donors (Lipinski definition) is 1. The number of piperazine rings is 1. The molecule has 4 rings (SSSR count). The van der Waals surface area contributed by atoms with Crippen LogP contribution in [0.2, 0.25) is 0 Å². The van der Waals surface area contributed by atoms with Crippen molar-refractivity contribution in [1.29, 1.82) is 0 Å². The molecular formula is C21H24FN3O. The minimum absolute atomic E-state index is 0.0815. The van der Waals surface area contributed by atoms with Crippen molar-refractivity contribution in [2.24, 2.45) is 0 Å². The molecule has 0 aromatic heterocycles. The monoisotopic (exact) mass is 353 g/mol. The molecule has 1 amide bonds. The minimum Gasteiger partial charge on any atom is -0.367 e. The van der Waals surface area contributed by atoms with Gasteiger partial charge in [0.2, 0.25) is 5.91 Å². The summed E-state index contributed by atoms with van der Waals surface area (Å²) in [6.07, 6.45) is 2.16. The first-order valence-corrected chi connectivity index (χ1v) is 9.31. The van der Waals surface area contributed by atoms with E-state index >= 15 is 0 Å². The Bertz CT molecular complexity index is 755. The number of anilines is 1. The van der Waals surface area contributed by atoms with Crippen LogP contribution in [0.1, 0.15) is 24.4 Å². The van der Waals surface area contributed by atoms with Crippen LogP contribution in [-0.2, 0) is 4.79 Å². The number of hydrogen-bond acceptors (Lipinski definition) is 3. The summed E-state index contributed by atoms with van der Waals surface area (Å²) in [4.78, 5) is 17.1. The normalized spacial score (nSPS) is 19.2. The van der Waals surface area contributed by atoms with E-state index in [1.54, 1.807) is 6.07 Å². The summed E-state index contributed by atoms with van der Waals surface area (Å²) >= 11 is 0. The molecule has 0 radical (unpaired) electrons. The molecule has 2 aromatic rings. The van der Waals surface area contributed by atoms with Crippen molar-refractivity contribution in [3.05, 3.63) is 66.0 Å². The second-order valence-electron chi connectivity index (χ2n) is 7.07. The number of rotatable bonds is 5. The van der Waals surface area contributed by atoms with Crippen molar-refractivity contribution >= 4 is 11.6 Å². The van der Waals surface area contributed by atoms with Gasteiger partial charge in [0.1, 0.15) is 11.9 Å². The maximum absolute atomic E-state index is 14.1. The lowest BCUT2D eigenvalue weighted by molar-refractivity contribution is -0.127. The van der Waals surface area contributed by atoms with Crippen LogP contribution in [-0.4, -0.2) is 43.0 Å². The number of benzene rings is 2. The van der Waals surface area contributed by atoms with E-state index in [0.29, 0.717) is 24.8 Å². The molecule has 2 aromatic carbocycles. The molecule has 1 N–H and O–H groups in total. The lowest BCUT2D eigenvalue weighted by Crippen LogP contribution is -2.51. The van der Waals surface area contributed by atoms with Gasteiger partial charge in [0.25, 0.3) is 0 Å². The van der Waals surface area contributed by atoms with Gasteiger partial charge in [-0.2, -0.15) is 0 Å². The smallest absolute Gasteiger partial charge is 0.242 e. The Morgan fingerprint density at radius 1 is 0.962 bits per heavy atom. The number of nitrogens with one attached hydrogen (secondary N) is 1. The first-order chi connectivity index (χ1) is 12.7. The number of carbonyl (C=O) groups is 1. The molecule has 4 nitrogen and oxygen atoms in total. The van der Waals surface area contributed by atoms with Crippen molar-refractivity contribution < 1.29 is 9.18 Å². The summed E-state index contributed by atoms with van der Waals surface area (Å²) < 4.78 is 14.1. The third kappa shape index (κ3) is 3.73. The van der Waals surface area contributed by atoms with Gasteiger partial charge in [-0.25, -0.2) is 4.39 Å². The van der Waals surface area contributed by atoms with Gasteiger partial charge in [0.15, 0.2) is 0 Å². The summed E-state index contributed by atoms with van der Waals surface area (Å²) in [5.74, 6) is -0.106. The van der Waals surface area contributed by atoms with Crippen LogP contribution in [0, 0.1) is 5.82 Å². The van der Waals surface area contributed by atoms with Crippen LogP contribution in [0.25, 0.3) is 0 Å². The Kier molecular flexibility index (Phi) is 4.89. The maximum Gasteiger partial charge on any atom is 0.242 e. The van der Waals surface area contributed by atoms with Crippen molar-refractivity contribution in [3.8, 4) is 0 Å². The molecule has 26 heavy (non-hydrogen) atoms. The Labute approximate surface area is 153 Å². The van der Waals surface area contributed by atoms with Crippen LogP contribution in [0.5, 0.6) is 0 Å². The number of halogens is 1. The largest absolute Gasteiger partial charge is 0.367 e. The zero-order valence-corrected chi connectivity index (χ0v) is 14.8. The van der Waals surface area contributed by atoms with Crippen LogP contribution in [0.4, 0.5) is 10.1 Å². The minimum atomic E-state index is -0.278. The van der Waals surface area contributed by atoms with E-state index in [4.69, 9.17) is 0 Å². The lowest BCUT2D eigenvalue weighted by atomic mass is 10.0. The van der Waals surface area contributed by atoms with Crippen molar-refractivity contribution in [2.75, 3.05) is 31.1 Å². The topological polar surface area (TPSA) is 35.6 Å². The van der Waals surface area contributed by atoms with Gasteiger partial charge in [-0.15, -0.1) is 0 Å². The van der Waals surface area contributed by atoms with Gasteiger partial charge in [0.05, 0.1) is 5.69 Å². The maximum atomic E-state index is 14.1. The molecule has 1 aliphatic carbocycles. The van der Waals surface area contributed by atoms with Crippen LogP contribution < -0.4 is 10.2 Å². The number of nitrogens with zero attached hydrogens (tertiary/aromatic N) is 2. The molecule has 0 spiro atoms. The third-order valence-electron chi connectivity index (χ3n) is 5.16. The second kappa shape index (κ2) is 7.46. The molecule has 136 valence electrons. The number of amides is 1. The van der Waals surface area contributed by atoms with Crippen molar-refractivity contribution in [2.45, 2.75) is 24.9 Å². The first-order valence-electron chi connectivity index (χ1n) is 9.31. The molecule has 1 atom stereocenters. The predicted octanol–water partition coefficient (Wildman–Crippen LogP) is 2.97. The van der Waals surface area contributed by atoms with Gasteiger partial charge < -0.3 is 10.2 Å². The van der Waals surface area contributed by atoms with E-state index < -0.39 is 0 Å². The molecule has 1 saturated heterocycles. The van der Waals surface area contributed by atoms with E-state index in [2.05, 4.69) is 15.1 Å². The van der Waals surface area contributed by atoms with E-state index in [1.807, 2.05) is 42.5 Å². The quantitative estimate of drug-likeness (QED) is 0.898. The third-order valence-corrected chi connectivity index (χ3v) is 5.16. The fourth-order valence-electron chi connectivity index (χ4n) is 3.60. The van der Waals surface area contributed by atoms with Crippen LogP contribution in [0.15, 0.2) is 54.6 Å². The van der Waals surface area contributed by atoms with Gasteiger partial charge in [-0.05, 0) is 30.5 Å². The highest BCUT2D eigenvalue weighted by atomic mass is 19.1. The molecule has 0 bridgehead atoms. The molecule has 0 unspecified atom stereocenters. The highest BCUT2D eigenvalue weighted by Crippen LogP contribution is 2.27. The standard InChI is InChI=1S/C21H24FN3O/c22-18-8-4-5-9-19(18)24-12-14-25(15-13-24)20(16-6-2-1-3-7-16)21(26)23-17-10-11-17/h1-9,17,20H,10-15H2,(H,23,26)/t20-/m1/s1. The molecule has 1 saturated carbocycles. The average Bonchev–Trinajstić information content (AvgIpc) is 3.48. The van der Waals surface area contributed by atoms with E-state index in [1.165, 1.54) is 6.07 Å². The molecular weight excluding hydrogens is 329 g/mol. The zero-order chi connectivity index (χ0) is 17.9. The highest BCUT2D eigenvalue weighted by Gasteiger charge is 2.33. The molecule has 1 heterocycles. The summed E-state index contributed by atoms with van der Waals surface area (Å²) in [6, 6.07) is 16.9. The average molecular weight is 353 g/mol. The fraction of sp³-hybridized carbons (Fsp3) is 0.381. The Balaban J connectivity index is 1.49. The Morgan fingerprint density at radius 3 is 2.27 bits per heavy atom. The number of para-hydroxylation sites is 1. The van der Waals surface area contributed by atoms with Gasteiger partial charge >= 0.3 is 0 Å². The van der Waals surface area contributed by atoms with Gasteiger partial charge in [0, 0.05) is 32.2 Å². The Hall–Kier alpha value is -2.40. The SMILES string of the molecule is O=C(NC1CC1)[C@@H](c1ccccc1)N1CCN(c2ccccc2F)CC1. The first kappa shape index (κ1) is 17.0. The number of carbonyl (C=O) groups excluding carboxylic acids is 1. The predicted molar refractivity (Wildman–Crippen MR) is 101 cm³/mol.